The molecule has 9 heteroatoms. The molecule has 8 nitrogen and oxygen atoms in total. The number of pyridine rings is 1. The van der Waals surface area contributed by atoms with Crippen molar-refractivity contribution in [2.45, 2.75) is 36.2 Å². The fraction of sp³-hybridized carbons (Fsp3) is 0.133. The minimum atomic E-state index is -0.554. The van der Waals surface area contributed by atoms with E-state index in [0.717, 1.165) is 32.1 Å². The average molecular weight is 538 g/mol. The quantitative estimate of drug-likeness (QED) is 0.187. The van der Waals surface area contributed by atoms with Crippen LogP contribution >= 0.6 is 11.8 Å². The first-order chi connectivity index (χ1) is 18.9. The van der Waals surface area contributed by atoms with E-state index in [-0.39, 0.29) is 18.3 Å². The molecule has 0 fully saturated rings. The highest BCUT2D eigenvalue weighted by Gasteiger charge is 2.13. The average Bonchev–Trinajstić information content (AvgIpc) is 2.95. The van der Waals surface area contributed by atoms with Crippen LogP contribution < -0.4 is 10.6 Å². The molecule has 0 radical (unpaired) electrons. The number of phenols is 1. The Kier molecular flexibility index (Phi) is 7.88. The second kappa shape index (κ2) is 11.8. The predicted molar refractivity (Wildman–Crippen MR) is 154 cm³/mol. The van der Waals surface area contributed by atoms with E-state index < -0.39 is 6.09 Å². The molecule has 0 saturated heterocycles. The Balaban J connectivity index is 1.43. The Morgan fingerprint density at radius 1 is 0.974 bits per heavy atom. The zero-order valence-electron chi connectivity index (χ0n) is 21.5. The summed E-state index contributed by atoms with van der Waals surface area (Å²) in [6, 6.07) is 26.0. The van der Waals surface area contributed by atoms with Gasteiger partial charge < -0.3 is 15.2 Å². The molecule has 0 aliphatic carbocycles. The van der Waals surface area contributed by atoms with E-state index >= 15 is 0 Å². The van der Waals surface area contributed by atoms with Gasteiger partial charge in [0.25, 0.3) is 0 Å². The third kappa shape index (κ3) is 6.63. The second-order valence-corrected chi connectivity index (χ2v) is 10.2. The number of aromatic hydroxyl groups is 1. The van der Waals surface area contributed by atoms with E-state index in [0.29, 0.717) is 17.2 Å². The summed E-state index contributed by atoms with van der Waals surface area (Å²) in [5.74, 6) is 1.07. The maximum Gasteiger partial charge on any atom is 0.411 e. The molecule has 0 aliphatic heterocycles. The van der Waals surface area contributed by atoms with E-state index in [4.69, 9.17) is 4.74 Å². The number of nitrogens with zero attached hydrogens (tertiary/aromatic N) is 3. The van der Waals surface area contributed by atoms with Crippen LogP contribution in [0.15, 0.2) is 101 Å². The number of anilines is 3. The van der Waals surface area contributed by atoms with E-state index in [9.17, 15) is 9.90 Å². The fourth-order valence-corrected chi connectivity index (χ4v) is 4.70. The Hall–Kier alpha value is -4.63. The molecule has 2 aromatic heterocycles. The molecule has 196 valence electrons. The zero-order chi connectivity index (χ0) is 27.2. The molecule has 2 heterocycles. The summed E-state index contributed by atoms with van der Waals surface area (Å²) in [4.78, 5) is 27.9. The minimum absolute atomic E-state index is 0.171. The van der Waals surface area contributed by atoms with Crippen molar-refractivity contribution in [2.24, 2.45) is 0 Å². The van der Waals surface area contributed by atoms with Crippen LogP contribution in [0.2, 0.25) is 0 Å². The molecule has 5 aromatic rings. The van der Waals surface area contributed by atoms with Gasteiger partial charge in [0.1, 0.15) is 24.5 Å². The molecule has 0 atom stereocenters. The molecule has 3 aromatic carbocycles. The number of hydrogen-bond acceptors (Lipinski definition) is 8. The summed E-state index contributed by atoms with van der Waals surface area (Å²) in [7, 11) is 0. The maximum atomic E-state index is 12.5. The number of fused-ring (bicyclic) bond motifs is 1. The van der Waals surface area contributed by atoms with Gasteiger partial charge in [0.05, 0.1) is 11.1 Å². The van der Waals surface area contributed by atoms with Gasteiger partial charge in [0.2, 0.25) is 0 Å². The highest BCUT2D eigenvalue weighted by atomic mass is 32.2. The van der Waals surface area contributed by atoms with Gasteiger partial charge in [0.15, 0.2) is 5.65 Å². The van der Waals surface area contributed by atoms with Gasteiger partial charge in [-0.05, 0) is 66.1 Å². The smallest absolute Gasteiger partial charge is 0.411 e. The van der Waals surface area contributed by atoms with Gasteiger partial charge in [-0.2, -0.15) is 0 Å². The summed E-state index contributed by atoms with van der Waals surface area (Å²) >= 11 is 1.51. The molecule has 0 bridgehead atoms. The summed E-state index contributed by atoms with van der Waals surface area (Å²) in [6.07, 6.45) is 0.930. The van der Waals surface area contributed by atoms with Gasteiger partial charge in [0, 0.05) is 21.2 Å². The van der Waals surface area contributed by atoms with Crippen LogP contribution in [-0.4, -0.2) is 26.2 Å². The molecule has 1 amide bonds. The topological polar surface area (TPSA) is 109 Å². The van der Waals surface area contributed by atoms with Gasteiger partial charge in [-0.15, -0.1) is 0 Å². The second-order valence-electron chi connectivity index (χ2n) is 9.10. The van der Waals surface area contributed by atoms with Crippen LogP contribution in [0.5, 0.6) is 5.75 Å². The number of benzene rings is 3. The highest BCUT2D eigenvalue weighted by molar-refractivity contribution is 7.99. The number of nitrogens with one attached hydrogen (secondary N) is 2. The maximum absolute atomic E-state index is 12.5. The van der Waals surface area contributed by atoms with E-state index in [1.54, 1.807) is 12.1 Å². The molecule has 0 spiro atoms. The summed E-state index contributed by atoms with van der Waals surface area (Å²) < 4.78 is 5.39. The van der Waals surface area contributed by atoms with Crippen molar-refractivity contribution in [1.29, 1.82) is 0 Å². The van der Waals surface area contributed by atoms with Crippen molar-refractivity contribution >= 4 is 46.1 Å². The van der Waals surface area contributed by atoms with Crippen molar-refractivity contribution in [3.05, 3.63) is 103 Å². The number of hydrogen-bond donors (Lipinski definition) is 3. The predicted octanol–water partition coefficient (Wildman–Crippen LogP) is 7.50. The lowest BCUT2D eigenvalue weighted by Crippen LogP contribution is -2.13. The molecule has 3 N–H and O–H groups in total. The summed E-state index contributed by atoms with van der Waals surface area (Å²) in [5.41, 5.74) is 3.74. The Bertz CT molecular complexity index is 1590. The normalized spacial score (nSPS) is 10.9. The van der Waals surface area contributed by atoms with Crippen LogP contribution in [0.25, 0.3) is 11.0 Å². The largest absolute Gasteiger partial charge is 0.508 e. The SMILES string of the molecule is CC(C)c1ccc2c(Nc3cc(NC(=O)OCc4ccccc4)ccc3Sc3ccc(O)cc3)ncnc2n1. The van der Waals surface area contributed by atoms with Crippen molar-refractivity contribution in [3.8, 4) is 5.75 Å². The number of carbonyl (C=O) groups excluding carboxylic acids is 1. The number of phenolic OH excluding ortho intramolecular Hbond substituents is 1. The lowest BCUT2D eigenvalue weighted by atomic mass is 10.1. The van der Waals surface area contributed by atoms with Crippen molar-refractivity contribution in [3.63, 3.8) is 0 Å². The van der Waals surface area contributed by atoms with Crippen molar-refractivity contribution in [2.75, 3.05) is 10.6 Å². The first-order valence-corrected chi connectivity index (χ1v) is 13.2. The van der Waals surface area contributed by atoms with Gasteiger partial charge in [-0.1, -0.05) is 55.9 Å². The van der Waals surface area contributed by atoms with Crippen LogP contribution in [0.1, 0.15) is 31.0 Å². The lowest BCUT2D eigenvalue weighted by molar-refractivity contribution is 0.155. The fourth-order valence-electron chi connectivity index (χ4n) is 3.82. The van der Waals surface area contributed by atoms with Gasteiger partial charge in [-0.25, -0.2) is 19.7 Å². The molecule has 0 unspecified atom stereocenters. The van der Waals surface area contributed by atoms with E-state index in [1.165, 1.54) is 18.1 Å². The monoisotopic (exact) mass is 537 g/mol. The van der Waals surface area contributed by atoms with E-state index in [2.05, 4.69) is 39.4 Å². The Labute approximate surface area is 230 Å². The van der Waals surface area contributed by atoms with Gasteiger partial charge in [-0.3, -0.25) is 5.32 Å². The molecule has 5 rings (SSSR count). The summed E-state index contributed by atoms with van der Waals surface area (Å²) in [6.45, 7) is 4.35. The van der Waals surface area contributed by atoms with Crippen LogP contribution in [0.3, 0.4) is 0 Å². The van der Waals surface area contributed by atoms with E-state index in [1.807, 2.05) is 72.8 Å². The lowest BCUT2D eigenvalue weighted by Gasteiger charge is -2.15. The number of carbonyl (C=O) groups is 1. The molecule has 39 heavy (non-hydrogen) atoms. The molecular weight excluding hydrogens is 510 g/mol. The first-order valence-electron chi connectivity index (χ1n) is 12.4. The highest BCUT2D eigenvalue weighted by Crippen LogP contribution is 2.38. The number of ether oxygens (including phenoxy) is 1. The Morgan fingerprint density at radius 3 is 2.54 bits per heavy atom. The number of aromatic nitrogens is 3. The third-order valence-corrected chi connectivity index (χ3v) is 6.95. The molecular formula is C30H27N5O3S. The zero-order valence-corrected chi connectivity index (χ0v) is 22.3. The van der Waals surface area contributed by atoms with Crippen LogP contribution in [0.4, 0.5) is 22.0 Å². The van der Waals surface area contributed by atoms with Crippen LogP contribution in [-0.2, 0) is 11.3 Å². The summed E-state index contributed by atoms with van der Waals surface area (Å²) in [5, 5.41) is 16.7. The van der Waals surface area contributed by atoms with Gasteiger partial charge >= 0.3 is 6.09 Å². The Morgan fingerprint density at radius 2 is 1.77 bits per heavy atom. The number of rotatable bonds is 8. The third-order valence-electron chi connectivity index (χ3n) is 5.87. The minimum Gasteiger partial charge on any atom is -0.508 e. The van der Waals surface area contributed by atoms with Crippen LogP contribution in [0, 0.1) is 0 Å². The van der Waals surface area contributed by atoms with Crippen molar-refractivity contribution in [1.82, 2.24) is 15.0 Å². The molecule has 0 saturated carbocycles. The van der Waals surface area contributed by atoms with Crippen molar-refractivity contribution < 1.29 is 14.6 Å². The first kappa shape index (κ1) is 26.0. The standard InChI is InChI=1S/C30H27N5O3S/c1-19(2)25-14-13-24-28(34-25)31-18-32-29(24)35-26-16-21(33-30(37)38-17-20-6-4-3-5-7-20)8-15-27(26)39-23-11-9-22(36)10-12-23/h3-16,18-19,36H,17H2,1-2H3,(H,33,37)(H,31,32,34,35). The molecule has 0 aliphatic rings. The number of amides is 1.